The predicted octanol–water partition coefficient (Wildman–Crippen LogP) is 2.50. The van der Waals surface area contributed by atoms with E-state index >= 15 is 0 Å². The monoisotopic (exact) mass is 396 g/mol. The highest BCUT2D eigenvalue weighted by atomic mass is 16.5. The maximum absolute atomic E-state index is 13.2. The van der Waals surface area contributed by atoms with Gasteiger partial charge < -0.3 is 19.3 Å². The van der Waals surface area contributed by atoms with Gasteiger partial charge in [-0.2, -0.15) is 0 Å². The van der Waals surface area contributed by atoms with Gasteiger partial charge in [-0.3, -0.25) is 4.79 Å². The average Bonchev–Trinajstić information content (AvgIpc) is 2.77. The highest BCUT2D eigenvalue weighted by Crippen LogP contribution is 2.30. The summed E-state index contributed by atoms with van der Waals surface area (Å²) in [6, 6.07) is 5.31. The molecule has 7 heteroatoms. The molecule has 0 spiro atoms. The van der Waals surface area contributed by atoms with Gasteiger partial charge in [0.25, 0.3) is 5.91 Å². The molecule has 1 amide bonds. The third kappa shape index (κ3) is 4.05. The minimum absolute atomic E-state index is 0.0196. The fraction of sp³-hybridized carbons (Fsp3) is 0.500. The van der Waals surface area contributed by atoms with Crippen molar-refractivity contribution in [2.45, 2.75) is 31.7 Å². The Kier molecular flexibility index (Phi) is 5.67. The number of amides is 1. The number of rotatable bonds is 4. The second-order valence-electron chi connectivity index (χ2n) is 7.84. The molecule has 0 saturated carbocycles. The van der Waals surface area contributed by atoms with Crippen molar-refractivity contribution in [3.63, 3.8) is 0 Å². The van der Waals surface area contributed by atoms with Crippen molar-refractivity contribution in [3.8, 4) is 11.5 Å². The van der Waals surface area contributed by atoms with Gasteiger partial charge in [0.15, 0.2) is 0 Å². The van der Waals surface area contributed by atoms with Crippen molar-refractivity contribution in [2.24, 2.45) is 0 Å². The summed E-state index contributed by atoms with van der Waals surface area (Å²) in [6.07, 6.45) is 4.88. The molecule has 7 nitrogen and oxygen atoms in total. The minimum atomic E-state index is -0.0196. The molecule has 2 aliphatic rings. The van der Waals surface area contributed by atoms with Gasteiger partial charge in [-0.15, -0.1) is 0 Å². The Morgan fingerprint density at radius 1 is 1.21 bits per heavy atom. The number of methoxy groups -OCH3 is 2. The number of ether oxygens (including phenoxy) is 2. The summed E-state index contributed by atoms with van der Waals surface area (Å²) in [6.45, 7) is 3.30. The Morgan fingerprint density at radius 2 is 2.07 bits per heavy atom. The van der Waals surface area contributed by atoms with E-state index in [1.165, 1.54) is 5.56 Å². The summed E-state index contributed by atoms with van der Waals surface area (Å²) in [7, 11) is 5.29. The minimum Gasteiger partial charge on any atom is -0.497 e. The third-order valence-corrected chi connectivity index (χ3v) is 5.86. The number of nitrogens with zero attached hydrogens (tertiary/aromatic N) is 4. The number of hydrogen-bond donors (Lipinski definition) is 0. The normalized spacial score (nSPS) is 19.6. The molecule has 0 N–H and O–H groups in total. The van der Waals surface area contributed by atoms with E-state index in [0.717, 1.165) is 50.4 Å². The van der Waals surface area contributed by atoms with Gasteiger partial charge in [0.2, 0.25) is 0 Å². The van der Waals surface area contributed by atoms with Gasteiger partial charge in [0.1, 0.15) is 17.3 Å². The first-order valence-corrected chi connectivity index (χ1v) is 10.1. The maximum atomic E-state index is 13.2. The first-order chi connectivity index (χ1) is 14.1. The molecule has 3 heterocycles. The fourth-order valence-corrected chi connectivity index (χ4v) is 4.19. The van der Waals surface area contributed by atoms with Crippen molar-refractivity contribution in [2.75, 3.05) is 40.9 Å². The molecule has 0 bridgehead atoms. The Hall–Kier alpha value is -2.67. The van der Waals surface area contributed by atoms with Gasteiger partial charge in [0.05, 0.1) is 19.8 Å². The number of likely N-dealkylation sites (N-methyl/N-ethyl adjacent to an activating group) is 1. The largest absolute Gasteiger partial charge is 0.497 e. The van der Waals surface area contributed by atoms with Gasteiger partial charge in [-0.25, -0.2) is 9.97 Å². The lowest BCUT2D eigenvalue weighted by molar-refractivity contribution is 0.0701. The van der Waals surface area contributed by atoms with Crippen LogP contribution in [0.15, 0.2) is 24.4 Å². The summed E-state index contributed by atoms with van der Waals surface area (Å²) < 4.78 is 10.7. The summed E-state index contributed by atoms with van der Waals surface area (Å²) in [4.78, 5) is 26.9. The highest BCUT2D eigenvalue weighted by molar-refractivity contribution is 5.97. The third-order valence-electron chi connectivity index (χ3n) is 5.86. The van der Waals surface area contributed by atoms with Crippen molar-refractivity contribution in [3.05, 3.63) is 47.0 Å². The van der Waals surface area contributed by atoms with E-state index in [2.05, 4.69) is 16.9 Å². The topological polar surface area (TPSA) is 67.8 Å². The number of likely N-dealkylation sites (tertiary alicyclic amines) is 1. The van der Waals surface area contributed by atoms with Crippen LogP contribution in [0.1, 0.15) is 46.2 Å². The van der Waals surface area contributed by atoms with Crippen LogP contribution in [0.2, 0.25) is 0 Å². The SMILES string of the molecule is COc1ccc(C(=O)N2CCC[C@H](c3ncc4c(n3)CCN(C)C4)C2)c(OC)c1. The molecule has 4 rings (SSSR count). The van der Waals surface area contributed by atoms with Crippen molar-refractivity contribution < 1.29 is 14.3 Å². The molecule has 0 aliphatic carbocycles. The van der Waals surface area contributed by atoms with E-state index < -0.39 is 0 Å². The van der Waals surface area contributed by atoms with Gasteiger partial charge in [-0.05, 0) is 32.0 Å². The van der Waals surface area contributed by atoms with E-state index in [1.807, 2.05) is 11.1 Å². The predicted molar refractivity (Wildman–Crippen MR) is 109 cm³/mol. The van der Waals surface area contributed by atoms with Crippen LogP contribution in [0.5, 0.6) is 11.5 Å². The highest BCUT2D eigenvalue weighted by Gasteiger charge is 2.29. The molecule has 29 heavy (non-hydrogen) atoms. The zero-order valence-electron chi connectivity index (χ0n) is 17.4. The van der Waals surface area contributed by atoms with Crippen LogP contribution >= 0.6 is 0 Å². The number of fused-ring (bicyclic) bond motifs is 1. The lowest BCUT2D eigenvalue weighted by Gasteiger charge is -2.33. The molecular weight excluding hydrogens is 368 g/mol. The van der Waals surface area contributed by atoms with E-state index in [0.29, 0.717) is 23.6 Å². The molecule has 2 aromatic rings. The molecule has 154 valence electrons. The van der Waals surface area contributed by atoms with Crippen LogP contribution in [-0.4, -0.2) is 66.6 Å². The number of piperidine rings is 1. The average molecular weight is 396 g/mol. The van der Waals surface area contributed by atoms with Crippen molar-refractivity contribution in [1.82, 2.24) is 19.8 Å². The van der Waals surface area contributed by atoms with Crippen molar-refractivity contribution >= 4 is 5.91 Å². The van der Waals surface area contributed by atoms with Crippen LogP contribution in [0, 0.1) is 0 Å². The van der Waals surface area contributed by atoms with Crippen LogP contribution < -0.4 is 9.47 Å². The molecule has 1 aromatic heterocycles. The van der Waals surface area contributed by atoms with E-state index in [-0.39, 0.29) is 11.8 Å². The number of carbonyl (C=O) groups excluding carboxylic acids is 1. The molecule has 0 unspecified atom stereocenters. The molecule has 1 atom stereocenters. The molecular formula is C22H28N4O3. The Balaban J connectivity index is 1.52. The summed E-state index contributed by atoms with van der Waals surface area (Å²) in [5, 5.41) is 0. The van der Waals surface area contributed by atoms with Gasteiger partial charge >= 0.3 is 0 Å². The molecule has 1 aromatic carbocycles. The second kappa shape index (κ2) is 8.37. The molecule has 0 radical (unpaired) electrons. The van der Waals surface area contributed by atoms with Crippen LogP contribution in [0.4, 0.5) is 0 Å². The van der Waals surface area contributed by atoms with E-state index in [1.54, 1.807) is 32.4 Å². The Bertz CT molecular complexity index is 902. The van der Waals surface area contributed by atoms with Crippen LogP contribution in [0.25, 0.3) is 0 Å². The summed E-state index contributed by atoms with van der Waals surface area (Å²) in [5.41, 5.74) is 2.94. The quantitative estimate of drug-likeness (QED) is 0.791. The fourth-order valence-electron chi connectivity index (χ4n) is 4.19. The maximum Gasteiger partial charge on any atom is 0.257 e. The summed E-state index contributed by atoms with van der Waals surface area (Å²) >= 11 is 0. The second-order valence-corrected chi connectivity index (χ2v) is 7.84. The van der Waals surface area contributed by atoms with E-state index in [9.17, 15) is 4.79 Å². The van der Waals surface area contributed by atoms with Crippen LogP contribution in [0.3, 0.4) is 0 Å². The molecule has 2 aliphatic heterocycles. The van der Waals surface area contributed by atoms with E-state index in [4.69, 9.17) is 14.5 Å². The first-order valence-electron chi connectivity index (χ1n) is 10.1. The van der Waals surface area contributed by atoms with Gasteiger partial charge in [-0.1, -0.05) is 0 Å². The zero-order valence-corrected chi connectivity index (χ0v) is 17.4. The number of hydrogen-bond acceptors (Lipinski definition) is 6. The number of benzene rings is 1. The Morgan fingerprint density at radius 3 is 2.86 bits per heavy atom. The number of aromatic nitrogens is 2. The standard InChI is InChI=1S/C22H28N4O3/c1-25-10-8-19-16(13-25)12-23-21(24-19)15-5-4-9-26(14-15)22(27)18-7-6-17(28-2)11-20(18)29-3/h6-7,11-12,15H,4-5,8-10,13-14H2,1-3H3/t15-/m0/s1. The van der Waals surface area contributed by atoms with Gasteiger partial charge in [0, 0.05) is 62.0 Å². The molecule has 1 saturated heterocycles. The first kappa shape index (κ1) is 19.6. The van der Waals surface area contributed by atoms with Crippen LogP contribution in [-0.2, 0) is 13.0 Å². The lowest BCUT2D eigenvalue weighted by Crippen LogP contribution is -2.40. The summed E-state index contributed by atoms with van der Waals surface area (Å²) in [5.74, 6) is 2.22. The lowest BCUT2D eigenvalue weighted by atomic mass is 9.95. The smallest absolute Gasteiger partial charge is 0.257 e. The van der Waals surface area contributed by atoms with Crippen molar-refractivity contribution in [1.29, 1.82) is 0 Å². The molecule has 1 fully saturated rings. The zero-order chi connectivity index (χ0) is 20.4. The Labute approximate surface area is 171 Å². The number of carbonyl (C=O) groups is 1.